The third-order valence-electron chi connectivity index (χ3n) is 3.95. The van der Waals surface area contributed by atoms with Gasteiger partial charge in [-0.05, 0) is 38.0 Å². The number of sulfone groups is 1. The quantitative estimate of drug-likeness (QED) is 0.761. The summed E-state index contributed by atoms with van der Waals surface area (Å²) in [6.07, 6.45) is 1.02. The van der Waals surface area contributed by atoms with Gasteiger partial charge >= 0.3 is 0 Å². The number of hydrogen-bond acceptors (Lipinski definition) is 5. The van der Waals surface area contributed by atoms with Crippen molar-refractivity contribution in [2.45, 2.75) is 43.7 Å². The van der Waals surface area contributed by atoms with Crippen molar-refractivity contribution in [3.05, 3.63) is 29.8 Å². The lowest BCUT2D eigenvalue weighted by Gasteiger charge is -2.14. The zero-order valence-corrected chi connectivity index (χ0v) is 15.3. The molecule has 1 aliphatic heterocycles. The van der Waals surface area contributed by atoms with E-state index in [0.29, 0.717) is 0 Å². The minimum atomic E-state index is -3.88. The number of hydrogen-bond donors (Lipinski definition) is 2. The first-order valence-corrected chi connectivity index (χ1v) is 11.1. The standard InChI is InChI=1S/C15H22N2O5S2/c1-3-11(2)16-15(18)12-5-4-6-14(9-12)24(21,22)17-13-7-8-23(19,20)10-13/h4-6,9,11,13,17H,3,7-8,10H2,1-2H3,(H,16,18). The molecule has 0 bridgehead atoms. The summed E-state index contributed by atoms with van der Waals surface area (Å²) in [4.78, 5) is 12.1. The van der Waals surface area contributed by atoms with Crippen molar-refractivity contribution in [2.75, 3.05) is 11.5 Å². The van der Waals surface area contributed by atoms with Gasteiger partial charge < -0.3 is 5.32 Å². The average molecular weight is 374 g/mol. The van der Waals surface area contributed by atoms with Crippen LogP contribution in [0.25, 0.3) is 0 Å². The van der Waals surface area contributed by atoms with E-state index in [1.165, 1.54) is 24.3 Å². The van der Waals surface area contributed by atoms with E-state index in [1.54, 1.807) is 0 Å². The summed E-state index contributed by atoms with van der Waals surface area (Å²) in [6, 6.07) is 5.06. The smallest absolute Gasteiger partial charge is 0.251 e. The summed E-state index contributed by atoms with van der Waals surface area (Å²) in [5.41, 5.74) is 0.247. The molecule has 134 valence electrons. The predicted octanol–water partition coefficient (Wildman–Crippen LogP) is 0.680. The lowest BCUT2D eigenvalue weighted by molar-refractivity contribution is 0.0939. The molecule has 2 unspecified atom stereocenters. The average Bonchev–Trinajstić information content (AvgIpc) is 2.85. The zero-order valence-electron chi connectivity index (χ0n) is 13.7. The van der Waals surface area contributed by atoms with Crippen molar-refractivity contribution in [3.63, 3.8) is 0 Å². The highest BCUT2D eigenvalue weighted by molar-refractivity contribution is 7.92. The Morgan fingerprint density at radius 2 is 2.08 bits per heavy atom. The maximum Gasteiger partial charge on any atom is 0.251 e. The van der Waals surface area contributed by atoms with Gasteiger partial charge in [0.05, 0.1) is 16.4 Å². The lowest BCUT2D eigenvalue weighted by atomic mass is 10.2. The number of nitrogens with one attached hydrogen (secondary N) is 2. The molecular formula is C15H22N2O5S2. The molecule has 1 heterocycles. The van der Waals surface area contributed by atoms with Crippen molar-refractivity contribution < 1.29 is 21.6 Å². The van der Waals surface area contributed by atoms with Gasteiger partial charge in [0.2, 0.25) is 10.0 Å². The second-order valence-electron chi connectivity index (χ2n) is 6.03. The molecule has 9 heteroatoms. The largest absolute Gasteiger partial charge is 0.350 e. The van der Waals surface area contributed by atoms with Crippen LogP contribution in [0.2, 0.25) is 0 Å². The number of benzene rings is 1. The van der Waals surface area contributed by atoms with Crippen LogP contribution < -0.4 is 10.0 Å². The summed E-state index contributed by atoms with van der Waals surface area (Å²) in [5, 5.41) is 2.77. The highest BCUT2D eigenvalue weighted by atomic mass is 32.2. The fraction of sp³-hybridized carbons (Fsp3) is 0.533. The molecule has 1 fully saturated rings. The second kappa shape index (κ2) is 7.20. The molecule has 1 aromatic carbocycles. The fourth-order valence-electron chi connectivity index (χ4n) is 2.39. The Morgan fingerprint density at radius 3 is 2.67 bits per heavy atom. The van der Waals surface area contributed by atoms with E-state index in [4.69, 9.17) is 0 Å². The fourth-order valence-corrected chi connectivity index (χ4v) is 5.48. The molecule has 0 radical (unpaired) electrons. The summed E-state index contributed by atoms with van der Waals surface area (Å²) in [6.45, 7) is 3.80. The molecule has 1 saturated heterocycles. The highest BCUT2D eigenvalue weighted by Crippen LogP contribution is 2.17. The van der Waals surface area contributed by atoms with Crippen LogP contribution in [0.15, 0.2) is 29.2 Å². The molecule has 1 amide bonds. The van der Waals surface area contributed by atoms with E-state index < -0.39 is 25.9 Å². The monoisotopic (exact) mass is 374 g/mol. The molecule has 0 aliphatic carbocycles. The first kappa shape index (κ1) is 18.9. The molecule has 2 atom stereocenters. The first-order valence-electron chi connectivity index (χ1n) is 7.76. The van der Waals surface area contributed by atoms with Gasteiger partial charge in [0.25, 0.3) is 5.91 Å². The number of sulfonamides is 1. The van der Waals surface area contributed by atoms with Crippen molar-refractivity contribution in [3.8, 4) is 0 Å². The van der Waals surface area contributed by atoms with E-state index in [2.05, 4.69) is 10.0 Å². The van der Waals surface area contributed by atoms with Crippen molar-refractivity contribution >= 4 is 25.8 Å². The molecule has 1 aromatic rings. The lowest BCUT2D eigenvalue weighted by Crippen LogP contribution is -2.36. The van der Waals surface area contributed by atoms with Crippen LogP contribution in [0.5, 0.6) is 0 Å². The highest BCUT2D eigenvalue weighted by Gasteiger charge is 2.31. The number of carbonyl (C=O) groups is 1. The Kier molecular flexibility index (Phi) is 5.67. The maximum absolute atomic E-state index is 12.4. The SMILES string of the molecule is CCC(C)NC(=O)c1cccc(S(=O)(=O)NC2CCS(=O)(=O)C2)c1. The van der Waals surface area contributed by atoms with Gasteiger partial charge in [0.1, 0.15) is 0 Å². The van der Waals surface area contributed by atoms with Gasteiger partial charge in [-0.2, -0.15) is 0 Å². The van der Waals surface area contributed by atoms with E-state index in [1.807, 2.05) is 13.8 Å². The van der Waals surface area contributed by atoms with Crippen LogP contribution in [-0.2, 0) is 19.9 Å². The Balaban J connectivity index is 2.16. The summed E-state index contributed by atoms with van der Waals surface area (Å²) < 4.78 is 50.1. The van der Waals surface area contributed by atoms with E-state index in [9.17, 15) is 21.6 Å². The first-order chi connectivity index (χ1) is 11.1. The Bertz CT molecular complexity index is 818. The Hall–Kier alpha value is -1.45. The Labute approximate surface area is 142 Å². The van der Waals surface area contributed by atoms with Crippen molar-refractivity contribution in [1.82, 2.24) is 10.0 Å². The molecule has 24 heavy (non-hydrogen) atoms. The van der Waals surface area contributed by atoms with Gasteiger partial charge in [-0.1, -0.05) is 13.0 Å². The van der Waals surface area contributed by atoms with Crippen LogP contribution in [0.1, 0.15) is 37.0 Å². The normalized spacial score (nSPS) is 21.3. The van der Waals surface area contributed by atoms with E-state index >= 15 is 0 Å². The molecule has 7 nitrogen and oxygen atoms in total. The van der Waals surface area contributed by atoms with Crippen molar-refractivity contribution in [2.24, 2.45) is 0 Å². The topological polar surface area (TPSA) is 109 Å². The number of amides is 1. The van der Waals surface area contributed by atoms with Crippen LogP contribution in [0, 0.1) is 0 Å². The van der Waals surface area contributed by atoms with Crippen LogP contribution in [0.4, 0.5) is 0 Å². The molecule has 0 spiro atoms. The minimum absolute atomic E-state index is 0.0143. The maximum atomic E-state index is 12.4. The Morgan fingerprint density at radius 1 is 1.38 bits per heavy atom. The molecule has 0 aromatic heterocycles. The third kappa shape index (κ3) is 4.78. The molecular weight excluding hydrogens is 352 g/mol. The van der Waals surface area contributed by atoms with Crippen LogP contribution in [0.3, 0.4) is 0 Å². The van der Waals surface area contributed by atoms with Crippen LogP contribution >= 0.6 is 0 Å². The van der Waals surface area contributed by atoms with Gasteiger partial charge in [-0.15, -0.1) is 0 Å². The summed E-state index contributed by atoms with van der Waals surface area (Å²) in [7, 11) is -7.06. The zero-order chi connectivity index (χ0) is 18.0. The van der Waals surface area contributed by atoms with Gasteiger partial charge in [0, 0.05) is 17.6 Å². The van der Waals surface area contributed by atoms with Gasteiger partial charge in [-0.3, -0.25) is 4.79 Å². The summed E-state index contributed by atoms with van der Waals surface area (Å²) >= 11 is 0. The van der Waals surface area contributed by atoms with Gasteiger partial charge in [0.15, 0.2) is 9.84 Å². The number of carbonyl (C=O) groups excluding carboxylic acids is 1. The van der Waals surface area contributed by atoms with Crippen molar-refractivity contribution in [1.29, 1.82) is 0 Å². The van der Waals surface area contributed by atoms with Crippen LogP contribution in [-0.4, -0.2) is 46.3 Å². The molecule has 2 rings (SSSR count). The molecule has 0 saturated carbocycles. The summed E-state index contributed by atoms with van der Waals surface area (Å²) in [5.74, 6) is -0.553. The molecule has 2 N–H and O–H groups in total. The minimum Gasteiger partial charge on any atom is -0.350 e. The number of rotatable bonds is 6. The second-order valence-corrected chi connectivity index (χ2v) is 9.97. The predicted molar refractivity (Wildman–Crippen MR) is 91.0 cm³/mol. The van der Waals surface area contributed by atoms with E-state index in [0.717, 1.165) is 6.42 Å². The van der Waals surface area contributed by atoms with Gasteiger partial charge in [-0.25, -0.2) is 21.6 Å². The third-order valence-corrected chi connectivity index (χ3v) is 7.24. The molecule has 1 aliphatic rings. The van der Waals surface area contributed by atoms with E-state index in [-0.39, 0.29) is 40.3 Å².